The van der Waals surface area contributed by atoms with Crippen LogP contribution in [0.15, 0.2) is 71.3 Å². The summed E-state index contributed by atoms with van der Waals surface area (Å²) in [6.07, 6.45) is -0.710. The number of halogens is 5. The van der Waals surface area contributed by atoms with E-state index in [0.29, 0.717) is 17.6 Å². The Kier molecular flexibility index (Phi) is 9.27. The number of rotatable bonds is 8. The third-order valence-corrected chi connectivity index (χ3v) is 5.48. The third-order valence-electron chi connectivity index (χ3n) is 5.26. The van der Waals surface area contributed by atoms with Crippen molar-refractivity contribution in [1.82, 2.24) is 14.9 Å². The fourth-order valence-corrected chi connectivity index (χ4v) is 3.76. The minimum atomic E-state index is -5.03. The van der Waals surface area contributed by atoms with Crippen LogP contribution in [-0.2, 0) is 17.5 Å². The van der Waals surface area contributed by atoms with Gasteiger partial charge in [-0.2, -0.15) is 18.4 Å². The molecule has 0 spiro atoms. The van der Waals surface area contributed by atoms with Crippen molar-refractivity contribution < 1.29 is 27.1 Å². The molecule has 7 nitrogen and oxygen atoms in total. The van der Waals surface area contributed by atoms with Crippen LogP contribution in [0.2, 0.25) is 5.02 Å². The molecule has 39 heavy (non-hydrogen) atoms. The topological polar surface area (TPSA) is 97.0 Å². The average Bonchev–Trinajstić information content (AvgIpc) is 2.88. The minimum Gasteiger partial charge on any atom is -0.449 e. The van der Waals surface area contributed by atoms with E-state index >= 15 is 0 Å². The Labute approximate surface area is 225 Å². The van der Waals surface area contributed by atoms with Crippen molar-refractivity contribution in [2.45, 2.75) is 26.1 Å². The highest BCUT2D eigenvalue weighted by atomic mass is 35.5. The van der Waals surface area contributed by atoms with Gasteiger partial charge in [-0.1, -0.05) is 36.7 Å². The molecule has 0 saturated carbocycles. The molecule has 0 aliphatic carbocycles. The highest BCUT2D eigenvalue weighted by Gasteiger charge is 2.38. The maximum Gasteiger partial charge on any atom is 0.437 e. The van der Waals surface area contributed by atoms with Crippen LogP contribution in [-0.4, -0.2) is 22.5 Å². The van der Waals surface area contributed by atoms with Crippen molar-refractivity contribution in [3.05, 3.63) is 105 Å². The van der Waals surface area contributed by atoms with Gasteiger partial charge in [0.2, 0.25) is 5.75 Å². The Balaban J connectivity index is 2.11. The summed E-state index contributed by atoms with van der Waals surface area (Å²) >= 11 is 5.92. The first-order valence-electron chi connectivity index (χ1n) is 11.4. The van der Waals surface area contributed by atoms with Crippen molar-refractivity contribution in [3.8, 4) is 17.6 Å². The van der Waals surface area contributed by atoms with Gasteiger partial charge in [0.15, 0.2) is 5.69 Å². The zero-order valence-electron chi connectivity index (χ0n) is 20.6. The molecule has 3 aromatic rings. The molecule has 1 N–H and O–H groups in total. The molecule has 0 aliphatic rings. The Morgan fingerprint density at radius 2 is 1.92 bits per heavy atom. The molecule has 0 unspecified atom stereocenters. The second-order valence-corrected chi connectivity index (χ2v) is 8.51. The summed E-state index contributed by atoms with van der Waals surface area (Å²) in [5.74, 6) is -2.37. The van der Waals surface area contributed by atoms with Gasteiger partial charge in [0, 0.05) is 17.6 Å². The van der Waals surface area contributed by atoms with Gasteiger partial charge in [-0.05, 0) is 54.0 Å². The molecule has 0 atom stereocenters. The van der Waals surface area contributed by atoms with Crippen LogP contribution in [0.3, 0.4) is 0 Å². The summed E-state index contributed by atoms with van der Waals surface area (Å²) in [4.78, 5) is 29.3. The van der Waals surface area contributed by atoms with Crippen molar-refractivity contribution >= 4 is 23.1 Å². The number of amides is 1. The Bertz CT molecular complexity index is 1540. The van der Waals surface area contributed by atoms with Gasteiger partial charge in [0.25, 0.3) is 11.5 Å². The van der Waals surface area contributed by atoms with E-state index in [1.165, 1.54) is 43.5 Å². The van der Waals surface area contributed by atoms with Crippen LogP contribution in [0.25, 0.3) is 5.57 Å². The van der Waals surface area contributed by atoms with Crippen LogP contribution in [0.4, 0.5) is 17.6 Å². The summed E-state index contributed by atoms with van der Waals surface area (Å²) in [7, 11) is 1.41. The van der Waals surface area contributed by atoms with Crippen LogP contribution in [0.5, 0.6) is 11.5 Å². The number of nitrogens with zero attached hydrogens (tertiary/aromatic N) is 3. The fraction of sp³-hybridized carbons (Fsp3) is 0.185. The third kappa shape index (κ3) is 7.33. The van der Waals surface area contributed by atoms with Crippen molar-refractivity contribution in [3.63, 3.8) is 0 Å². The number of hydrogen-bond acceptors (Lipinski definition) is 5. The fourth-order valence-electron chi connectivity index (χ4n) is 3.54. The molecule has 0 saturated heterocycles. The van der Waals surface area contributed by atoms with Crippen molar-refractivity contribution in [2.24, 2.45) is 0 Å². The normalized spacial score (nSPS) is 12.2. The first-order chi connectivity index (χ1) is 18.5. The molecule has 0 aliphatic heterocycles. The summed E-state index contributed by atoms with van der Waals surface area (Å²) in [5, 5.41) is 11.6. The second-order valence-electron chi connectivity index (χ2n) is 8.07. The number of aromatic nitrogens is 2. The molecular weight excluding hydrogens is 540 g/mol. The molecular formula is C27H21ClF4N4O3. The van der Waals surface area contributed by atoms with Crippen LogP contribution in [0, 0.1) is 17.1 Å². The summed E-state index contributed by atoms with van der Waals surface area (Å²) < 4.78 is 60.8. The number of nitriles is 1. The number of allylic oxidation sites excluding steroid dienone is 3. The van der Waals surface area contributed by atoms with Crippen LogP contribution in [0.1, 0.15) is 30.2 Å². The van der Waals surface area contributed by atoms with Gasteiger partial charge in [0.05, 0.1) is 24.5 Å². The predicted octanol–water partition coefficient (Wildman–Crippen LogP) is 5.88. The number of carbonyl (C=O) groups excluding carboxylic acids is 1. The van der Waals surface area contributed by atoms with Gasteiger partial charge in [-0.25, -0.2) is 9.37 Å². The number of hydrogen-bond donors (Lipinski definition) is 1. The lowest BCUT2D eigenvalue weighted by molar-refractivity contribution is -0.142. The highest BCUT2D eigenvalue weighted by Crippen LogP contribution is 2.35. The monoisotopic (exact) mass is 560 g/mol. The van der Waals surface area contributed by atoms with Crippen LogP contribution < -0.4 is 15.6 Å². The SMILES string of the molecule is CC/C=C(/C=C(\C(=O)NC)c1ccc(F)cc1)Cn1cnc(C(F)(F)F)c(Oc2cc(Cl)cc(C#N)c2)c1=O. The number of nitrogens with one attached hydrogen (secondary N) is 1. The van der Waals surface area contributed by atoms with E-state index in [0.717, 1.165) is 23.0 Å². The Morgan fingerprint density at radius 3 is 2.51 bits per heavy atom. The molecule has 3 rings (SSSR count). The number of alkyl halides is 3. The quantitative estimate of drug-likeness (QED) is 0.211. The molecule has 1 heterocycles. The van der Waals surface area contributed by atoms with Gasteiger partial charge in [-0.3, -0.25) is 14.2 Å². The number of ether oxygens (including phenoxy) is 1. The minimum absolute atomic E-state index is 0.0103. The summed E-state index contributed by atoms with van der Waals surface area (Å²) in [6, 6.07) is 10.5. The van der Waals surface area contributed by atoms with E-state index < -0.39 is 34.9 Å². The molecule has 0 radical (unpaired) electrons. The average molecular weight is 561 g/mol. The summed E-state index contributed by atoms with van der Waals surface area (Å²) in [5.41, 5.74) is -1.79. The zero-order chi connectivity index (χ0) is 28.7. The Hall–Kier alpha value is -4.43. The van der Waals surface area contributed by atoms with Gasteiger partial charge < -0.3 is 10.1 Å². The zero-order valence-corrected chi connectivity index (χ0v) is 21.4. The smallest absolute Gasteiger partial charge is 0.437 e. The molecule has 202 valence electrons. The maximum absolute atomic E-state index is 13.7. The van der Waals surface area contributed by atoms with E-state index in [4.69, 9.17) is 21.6 Å². The van der Waals surface area contributed by atoms with E-state index in [1.807, 2.05) is 0 Å². The lowest BCUT2D eigenvalue weighted by Crippen LogP contribution is -2.27. The predicted molar refractivity (Wildman–Crippen MR) is 137 cm³/mol. The van der Waals surface area contributed by atoms with Gasteiger partial charge in [0.1, 0.15) is 11.6 Å². The Morgan fingerprint density at radius 1 is 1.23 bits per heavy atom. The standard InChI is InChI=1S/C27H21ClF4N4O3/c1-3-4-16(11-22(25(37)34-2)18-5-7-20(29)8-6-18)14-36-15-35-24(27(30,31)32)23(26(36)38)39-21-10-17(13-33)9-19(28)12-21/h4-12,15H,3,14H2,1-2H3,(H,34,37)/b16-4-,22-11-. The largest absolute Gasteiger partial charge is 0.449 e. The van der Waals surface area contributed by atoms with E-state index in [9.17, 15) is 27.2 Å². The lowest BCUT2D eigenvalue weighted by Gasteiger charge is -2.16. The van der Waals surface area contributed by atoms with Crippen molar-refractivity contribution in [1.29, 1.82) is 5.26 Å². The van der Waals surface area contributed by atoms with Crippen molar-refractivity contribution in [2.75, 3.05) is 7.05 Å². The molecule has 0 fully saturated rings. The maximum atomic E-state index is 13.7. The molecule has 0 bridgehead atoms. The molecule has 12 heteroatoms. The van der Waals surface area contributed by atoms with E-state index in [2.05, 4.69) is 10.3 Å². The summed E-state index contributed by atoms with van der Waals surface area (Å²) in [6.45, 7) is 1.52. The van der Waals surface area contributed by atoms with Gasteiger partial charge in [-0.15, -0.1) is 0 Å². The molecule has 1 amide bonds. The second kappa shape index (κ2) is 12.4. The molecule has 1 aromatic heterocycles. The highest BCUT2D eigenvalue weighted by molar-refractivity contribution is 6.30. The van der Waals surface area contributed by atoms with Crippen LogP contribution >= 0.6 is 11.6 Å². The molecule has 2 aromatic carbocycles. The number of benzene rings is 2. The van der Waals surface area contributed by atoms with E-state index in [1.54, 1.807) is 19.1 Å². The number of likely N-dealkylation sites (N-methyl/N-ethyl adjacent to an activating group) is 1. The van der Waals surface area contributed by atoms with Gasteiger partial charge >= 0.3 is 6.18 Å². The first-order valence-corrected chi connectivity index (χ1v) is 11.8. The van der Waals surface area contributed by atoms with E-state index in [-0.39, 0.29) is 28.5 Å². The number of carbonyl (C=O) groups is 1. The lowest BCUT2D eigenvalue weighted by atomic mass is 10.0. The first kappa shape index (κ1) is 29.1.